The van der Waals surface area contributed by atoms with Gasteiger partial charge in [0.1, 0.15) is 5.75 Å². The molecule has 0 bridgehead atoms. The van der Waals surface area contributed by atoms with Crippen molar-refractivity contribution in [2.24, 2.45) is 0 Å². The maximum absolute atomic E-state index is 10.6. The lowest BCUT2D eigenvalue weighted by Gasteiger charge is -1.99. The van der Waals surface area contributed by atoms with E-state index in [1.807, 2.05) is 0 Å². The average molecular weight is 191 g/mol. The summed E-state index contributed by atoms with van der Waals surface area (Å²) in [6.45, 7) is 6.65. The lowest BCUT2D eigenvalue weighted by atomic mass is 10.3. The van der Waals surface area contributed by atoms with Crippen molar-refractivity contribution in [1.82, 2.24) is 0 Å². The van der Waals surface area contributed by atoms with Gasteiger partial charge in [-0.2, -0.15) is 0 Å². The van der Waals surface area contributed by atoms with Crippen LogP contribution < -0.4 is 4.74 Å². The van der Waals surface area contributed by atoms with Gasteiger partial charge in [0.15, 0.2) is 5.69 Å². The molecule has 1 aromatic rings. The summed E-state index contributed by atoms with van der Waals surface area (Å²) in [4.78, 5) is 23.8. The van der Waals surface area contributed by atoms with E-state index in [4.69, 9.17) is 11.7 Å². The molecular formula is C9H5NO4. The molecule has 14 heavy (non-hydrogen) atoms. The Labute approximate surface area is 79.4 Å². The van der Waals surface area contributed by atoms with Crippen LogP contribution in [0, 0.1) is 6.57 Å². The topological polar surface area (TPSA) is 68.0 Å². The van der Waals surface area contributed by atoms with Crippen molar-refractivity contribution in [3.8, 4) is 5.75 Å². The van der Waals surface area contributed by atoms with Crippen LogP contribution in [0.3, 0.4) is 0 Å². The Bertz CT molecular complexity index is 402. The molecule has 1 rings (SSSR count). The second kappa shape index (κ2) is 4.05. The fraction of sp³-hybridized carbons (Fsp3) is 0. The van der Waals surface area contributed by atoms with Crippen LogP contribution in [0.4, 0.5) is 5.69 Å². The summed E-state index contributed by atoms with van der Waals surface area (Å²) in [5.41, 5.74) is 0.389. The molecule has 0 saturated heterocycles. The third-order valence-electron chi connectivity index (χ3n) is 1.35. The predicted molar refractivity (Wildman–Crippen MR) is 46.0 cm³/mol. The van der Waals surface area contributed by atoms with Gasteiger partial charge >= 0.3 is 11.9 Å². The number of carbonyl (C=O) groups is 2. The summed E-state index contributed by atoms with van der Waals surface area (Å²) in [7, 11) is 0. The van der Waals surface area contributed by atoms with Gasteiger partial charge in [-0.15, -0.1) is 0 Å². The molecule has 0 aliphatic rings. The first-order valence-electron chi connectivity index (χ1n) is 3.56. The highest BCUT2D eigenvalue weighted by molar-refractivity contribution is 6.29. The molecule has 0 aliphatic carbocycles. The van der Waals surface area contributed by atoms with Gasteiger partial charge in [-0.25, -0.2) is 14.4 Å². The zero-order chi connectivity index (χ0) is 10.6. The normalized spacial score (nSPS) is 8.79. The van der Waals surface area contributed by atoms with Crippen molar-refractivity contribution >= 4 is 17.6 Å². The van der Waals surface area contributed by atoms with E-state index in [9.17, 15) is 9.59 Å². The van der Waals surface area contributed by atoms with E-state index >= 15 is 0 Å². The number of rotatable bonds is 1. The molecule has 0 aliphatic heterocycles. The molecule has 0 saturated carbocycles. The van der Waals surface area contributed by atoms with E-state index < -0.39 is 11.9 Å². The van der Waals surface area contributed by atoms with Gasteiger partial charge < -0.3 is 9.84 Å². The SMILES string of the molecule is [C-]#[N+]c1ccc(OC(=O)C(=O)O)cc1. The number of esters is 1. The summed E-state index contributed by atoms with van der Waals surface area (Å²) in [5.74, 6) is -2.90. The predicted octanol–water partition coefficient (Wildman–Crippen LogP) is 1.23. The van der Waals surface area contributed by atoms with Crippen molar-refractivity contribution in [3.05, 3.63) is 35.7 Å². The van der Waals surface area contributed by atoms with E-state index in [1.165, 1.54) is 24.3 Å². The van der Waals surface area contributed by atoms with E-state index in [1.54, 1.807) is 0 Å². The molecule has 70 valence electrons. The first-order valence-corrected chi connectivity index (χ1v) is 3.56. The summed E-state index contributed by atoms with van der Waals surface area (Å²) in [6.07, 6.45) is 0. The molecule has 0 amide bonds. The highest BCUT2D eigenvalue weighted by Gasteiger charge is 2.13. The largest absolute Gasteiger partial charge is 0.473 e. The van der Waals surface area contributed by atoms with Crippen LogP contribution >= 0.6 is 0 Å². The summed E-state index contributed by atoms with van der Waals surface area (Å²) >= 11 is 0. The zero-order valence-corrected chi connectivity index (χ0v) is 6.93. The van der Waals surface area contributed by atoms with Gasteiger partial charge in [0.2, 0.25) is 0 Å². The van der Waals surface area contributed by atoms with Crippen LogP contribution in [-0.2, 0) is 9.59 Å². The summed E-state index contributed by atoms with van der Waals surface area (Å²) in [5, 5.41) is 8.22. The molecule has 0 spiro atoms. The molecule has 0 heterocycles. The van der Waals surface area contributed by atoms with E-state index in [0.29, 0.717) is 5.69 Å². The van der Waals surface area contributed by atoms with Crippen LogP contribution in [-0.4, -0.2) is 17.0 Å². The highest BCUT2D eigenvalue weighted by Crippen LogP contribution is 2.17. The van der Waals surface area contributed by atoms with Crippen LogP contribution in [0.1, 0.15) is 0 Å². The van der Waals surface area contributed by atoms with Crippen LogP contribution in [0.15, 0.2) is 24.3 Å². The first-order chi connectivity index (χ1) is 6.63. The lowest BCUT2D eigenvalue weighted by molar-refractivity contribution is -0.158. The van der Waals surface area contributed by atoms with E-state index in [2.05, 4.69) is 9.58 Å². The van der Waals surface area contributed by atoms with Crippen LogP contribution in [0.25, 0.3) is 4.85 Å². The minimum Gasteiger partial charge on any atom is -0.473 e. The Hall–Kier alpha value is -2.35. The third kappa shape index (κ3) is 2.32. The second-order valence-corrected chi connectivity index (χ2v) is 2.30. The quantitative estimate of drug-likeness (QED) is 0.313. The smallest absolute Gasteiger partial charge is 0.422 e. The molecule has 0 fully saturated rings. The Morgan fingerprint density at radius 2 is 1.86 bits per heavy atom. The maximum Gasteiger partial charge on any atom is 0.422 e. The number of nitrogens with zero attached hydrogens (tertiary/aromatic N) is 1. The van der Waals surface area contributed by atoms with Gasteiger partial charge in [0, 0.05) is 0 Å². The fourth-order valence-corrected chi connectivity index (χ4v) is 0.739. The summed E-state index contributed by atoms with van der Waals surface area (Å²) in [6, 6.07) is 5.57. The molecule has 0 unspecified atom stereocenters. The Kier molecular flexibility index (Phi) is 2.82. The summed E-state index contributed by atoms with van der Waals surface area (Å²) < 4.78 is 4.43. The fourth-order valence-electron chi connectivity index (χ4n) is 0.739. The van der Waals surface area contributed by atoms with Crippen molar-refractivity contribution in [3.63, 3.8) is 0 Å². The van der Waals surface area contributed by atoms with Crippen LogP contribution in [0.5, 0.6) is 5.75 Å². The molecular weight excluding hydrogens is 186 g/mol. The van der Waals surface area contributed by atoms with Crippen molar-refractivity contribution in [2.45, 2.75) is 0 Å². The molecule has 0 radical (unpaired) electrons. The molecule has 5 nitrogen and oxygen atoms in total. The minimum atomic E-state index is -1.65. The second-order valence-electron chi connectivity index (χ2n) is 2.30. The molecule has 5 heteroatoms. The zero-order valence-electron chi connectivity index (χ0n) is 6.93. The van der Waals surface area contributed by atoms with Gasteiger partial charge in [-0.05, 0) is 12.1 Å². The third-order valence-corrected chi connectivity index (χ3v) is 1.35. The maximum atomic E-state index is 10.6. The average Bonchev–Trinajstić information content (AvgIpc) is 2.19. The van der Waals surface area contributed by atoms with Gasteiger partial charge in [-0.1, -0.05) is 12.1 Å². The number of hydrogen-bond donors (Lipinski definition) is 1. The van der Waals surface area contributed by atoms with E-state index in [-0.39, 0.29) is 5.75 Å². The molecule has 1 N–H and O–H groups in total. The van der Waals surface area contributed by atoms with Crippen molar-refractivity contribution < 1.29 is 19.4 Å². The van der Waals surface area contributed by atoms with Crippen LogP contribution in [0.2, 0.25) is 0 Å². The number of carboxylic acids is 1. The van der Waals surface area contributed by atoms with Gasteiger partial charge in [0.05, 0.1) is 6.57 Å². The number of carbonyl (C=O) groups excluding carboxylic acids is 1. The number of benzene rings is 1. The number of hydrogen-bond acceptors (Lipinski definition) is 3. The first kappa shape index (κ1) is 9.74. The Morgan fingerprint density at radius 1 is 1.29 bits per heavy atom. The lowest BCUT2D eigenvalue weighted by Crippen LogP contribution is -2.19. The molecule has 0 atom stereocenters. The Morgan fingerprint density at radius 3 is 2.29 bits per heavy atom. The number of carboxylic acid groups (broad SMARTS) is 1. The van der Waals surface area contributed by atoms with Crippen molar-refractivity contribution in [2.75, 3.05) is 0 Å². The van der Waals surface area contributed by atoms with Gasteiger partial charge in [0.25, 0.3) is 0 Å². The Balaban J connectivity index is 2.75. The molecule has 1 aromatic carbocycles. The number of ether oxygens (including phenoxy) is 1. The standard InChI is InChI=1S/C9H5NO4/c1-10-6-2-4-7(5-3-6)14-9(13)8(11)12/h2-5H,(H,11,12). The van der Waals surface area contributed by atoms with Gasteiger partial charge in [-0.3, -0.25) is 0 Å². The monoisotopic (exact) mass is 191 g/mol. The van der Waals surface area contributed by atoms with E-state index in [0.717, 1.165) is 0 Å². The van der Waals surface area contributed by atoms with Crippen molar-refractivity contribution in [1.29, 1.82) is 0 Å². The molecule has 0 aromatic heterocycles. The highest BCUT2D eigenvalue weighted by atomic mass is 16.6. The minimum absolute atomic E-state index is 0.102. The number of aliphatic carboxylic acids is 1.